The summed E-state index contributed by atoms with van der Waals surface area (Å²) in [6.45, 7) is 2.81. The van der Waals surface area contributed by atoms with Crippen LogP contribution in [-0.2, 0) is 6.54 Å². The van der Waals surface area contributed by atoms with Gasteiger partial charge in [0.25, 0.3) is 5.56 Å². The monoisotopic (exact) mass is 346 g/mol. The Hall–Kier alpha value is -3.41. The number of rotatable bonds is 5. The summed E-state index contributed by atoms with van der Waals surface area (Å²) in [4.78, 5) is 17.1. The molecule has 0 saturated heterocycles. The Bertz CT molecular complexity index is 1100. The lowest BCUT2D eigenvalue weighted by Crippen LogP contribution is -2.23. The summed E-state index contributed by atoms with van der Waals surface area (Å²) in [6.07, 6.45) is 3.11. The summed E-state index contributed by atoms with van der Waals surface area (Å²) in [5.74, 6) is 0.825. The lowest BCUT2D eigenvalue weighted by molar-refractivity contribution is 0.294. The standard InChI is InChI=1S/C20H18N4O2/c1-15-7-5-6-10-18(15)26-12-11-23-14-21-19-17(20(23)25)13-22-24(19)16-8-3-2-4-9-16/h2-10,13-14H,11-12H2,1H3. The molecule has 2 heterocycles. The fourth-order valence-electron chi connectivity index (χ4n) is 2.84. The Morgan fingerprint density at radius 1 is 1.04 bits per heavy atom. The van der Waals surface area contributed by atoms with Crippen molar-refractivity contribution < 1.29 is 4.74 Å². The van der Waals surface area contributed by atoms with Crippen LogP contribution in [0.1, 0.15) is 5.56 Å². The first-order chi connectivity index (χ1) is 12.7. The Labute approximate surface area is 150 Å². The number of aryl methyl sites for hydroxylation is 1. The maximum atomic E-state index is 12.7. The maximum Gasteiger partial charge on any atom is 0.264 e. The normalized spacial score (nSPS) is 11.0. The van der Waals surface area contributed by atoms with E-state index in [4.69, 9.17) is 4.74 Å². The minimum atomic E-state index is -0.120. The molecule has 4 rings (SSSR count). The number of benzene rings is 2. The van der Waals surface area contributed by atoms with Gasteiger partial charge in [-0.15, -0.1) is 0 Å². The molecule has 2 aromatic heterocycles. The number of ether oxygens (including phenoxy) is 1. The van der Waals surface area contributed by atoms with Crippen LogP contribution in [0.15, 0.2) is 71.9 Å². The molecule has 0 radical (unpaired) electrons. The largest absolute Gasteiger partial charge is 0.491 e. The predicted octanol–water partition coefficient (Wildman–Crippen LogP) is 2.97. The smallest absolute Gasteiger partial charge is 0.264 e. The van der Waals surface area contributed by atoms with Crippen molar-refractivity contribution in [3.63, 3.8) is 0 Å². The Morgan fingerprint density at radius 2 is 1.81 bits per heavy atom. The molecule has 0 aliphatic carbocycles. The van der Waals surface area contributed by atoms with E-state index in [1.54, 1.807) is 21.8 Å². The third kappa shape index (κ3) is 2.97. The molecule has 0 atom stereocenters. The quantitative estimate of drug-likeness (QED) is 0.557. The summed E-state index contributed by atoms with van der Waals surface area (Å²) in [5.41, 5.74) is 2.37. The second kappa shape index (κ2) is 6.84. The number of para-hydroxylation sites is 2. The molecule has 4 aromatic rings. The molecule has 0 bridgehead atoms. The second-order valence-electron chi connectivity index (χ2n) is 5.99. The van der Waals surface area contributed by atoms with Gasteiger partial charge in [-0.2, -0.15) is 5.10 Å². The first-order valence-corrected chi connectivity index (χ1v) is 8.41. The average Bonchev–Trinajstić information content (AvgIpc) is 3.11. The Morgan fingerprint density at radius 3 is 2.62 bits per heavy atom. The Kier molecular flexibility index (Phi) is 4.23. The number of hydrogen-bond donors (Lipinski definition) is 0. The molecule has 2 aromatic carbocycles. The fourth-order valence-corrected chi connectivity index (χ4v) is 2.84. The van der Waals surface area contributed by atoms with Crippen molar-refractivity contribution in [2.45, 2.75) is 13.5 Å². The minimum absolute atomic E-state index is 0.120. The topological polar surface area (TPSA) is 61.9 Å². The van der Waals surface area contributed by atoms with Gasteiger partial charge >= 0.3 is 0 Å². The molecule has 0 unspecified atom stereocenters. The molecule has 0 N–H and O–H groups in total. The van der Waals surface area contributed by atoms with E-state index in [-0.39, 0.29) is 5.56 Å². The molecule has 0 spiro atoms. The summed E-state index contributed by atoms with van der Waals surface area (Å²) in [6, 6.07) is 17.4. The minimum Gasteiger partial charge on any atom is -0.491 e. The Balaban J connectivity index is 1.57. The summed E-state index contributed by atoms with van der Waals surface area (Å²) in [7, 11) is 0. The number of aromatic nitrogens is 4. The summed E-state index contributed by atoms with van der Waals surface area (Å²) < 4.78 is 9.00. The van der Waals surface area contributed by atoms with Gasteiger partial charge in [-0.3, -0.25) is 9.36 Å². The summed E-state index contributed by atoms with van der Waals surface area (Å²) >= 11 is 0. The highest BCUT2D eigenvalue weighted by molar-refractivity contribution is 5.74. The zero-order valence-electron chi connectivity index (χ0n) is 14.4. The van der Waals surface area contributed by atoms with E-state index in [1.165, 1.54) is 0 Å². The molecule has 130 valence electrons. The van der Waals surface area contributed by atoms with Crippen LogP contribution in [0, 0.1) is 6.92 Å². The zero-order valence-corrected chi connectivity index (χ0v) is 14.4. The highest BCUT2D eigenvalue weighted by Gasteiger charge is 2.11. The van der Waals surface area contributed by atoms with Gasteiger partial charge in [0.2, 0.25) is 0 Å². The van der Waals surface area contributed by atoms with Gasteiger partial charge in [0.05, 0.1) is 18.4 Å². The van der Waals surface area contributed by atoms with Gasteiger partial charge < -0.3 is 4.74 Å². The van der Waals surface area contributed by atoms with Crippen molar-refractivity contribution in [1.82, 2.24) is 19.3 Å². The van der Waals surface area contributed by atoms with E-state index in [0.29, 0.717) is 24.2 Å². The van der Waals surface area contributed by atoms with Gasteiger partial charge in [0.15, 0.2) is 5.65 Å². The number of nitrogens with zero attached hydrogens (tertiary/aromatic N) is 4. The molecule has 6 nitrogen and oxygen atoms in total. The highest BCUT2D eigenvalue weighted by Crippen LogP contribution is 2.16. The van der Waals surface area contributed by atoms with Crippen LogP contribution < -0.4 is 10.3 Å². The van der Waals surface area contributed by atoms with Gasteiger partial charge in [0, 0.05) is 0 Å². The molecule has 0 aliphatic rings. The molecular formula is C20H18N4O2. The molecule has 0 fully saturated rings. The van der Waals surface area contributed by atoms with Crippen LogP contribution in [0.4, 0.5) is 0 Å². The van der Waals surface area contributed by atoms with Gasteiger partial charge in [0.1, 0.15) is 24.1 Å². The van der Waals surface area contributed by atoms with Crippen LogP contribution in [0.2, 0.25) is 0 Å². The number of fused-ring (bicyclic) bond motifs is 1. The highest BCUT2D eigenvalue weighted by atomic mass is 16.5. The summed E-state index contributed by atoms with van der Waals surface area (Å²) in [5, 5.41) is 4.81. The first-order valence-electron chi connectivity index (χ1n) is 8.41. The molecule has 0 aliphatic heterocycles. The van der Waals surface area contributed by atoms with E-state index in [1.807, 2.05) is 61.5 Å². The van der Waals surface area contributed by atoms with Gasteiger partial charge in [-0.25, -0.2) is 9.67 Å². The van der Waals surface area contributed by atoms with Crippen LogP contribution in [-0.4, -0.2) is 25.9 Å². The van der Waals surface area contributed by atoms with E-state index in [0.717, 1.165) is 17.0 Å². The van der Waals surface area contributed by atoms with E-state index < -0.39 is 0 Å². The average molecular weight is 346 g/mol. The van der Waals surface area contributed by atoms with Crippen molar-refractivity contribution >= 4 is 11.0 Å². The van der Waals surface area contributed by atoms with Crippen molar-refractivity contribution in [3.8, 4) is 11.4 Å². The van der Waals surface area contributed by atoms with Gasteiger partial charge in [-0.05, 0) is 30.7 Å². The van der Waals surface area contributed by atoms with Crippen molar-refractivity contribution in [1.29, 1.82) is 0 Å². The zero-order chi connectivity index (χ0) is 17.9. The van der Waals surface area contributed by atoms with Crippen molar-refractivity contribution in [2.24, 2.45) is 0 Å². The molecular weight excluding hydrogens is 328 g/mol. The van der Waals surface area contributed by atoms with E-state index in [9.17, 15) is 4.79 Å². The first kappa shape index (κ1) is 16.1. The van der Waals surface area contributed by atoms with Crippen LogP contribution in [0.3, 0.4) is 0 Å². The van der Waals surface area contributed by atoms with Crippen LogP contribution in [0.5, 0.6) is 5.75 Å². The molecule has 6 heteroatoms. The van der Waals surface area contributed by atoms with Crippen molar-refractivity contribution in [3.05, 3.63) is 83.0 Å². The SMILES string of the molecule is Cc1ccccc1OCCn1cnc2c(cnn2-c2ccccc2)c1=O. The fraction of sp³-hybridized carbons (Fsp3) is 0.150. The van der Waals surface area contributed by atoms with E-state index >= 15 is 0 Å². The van der Waals surface area contributed by atoms with E-state index in [2.05, 4.69) is 10.1 Å². The third-order valence-corrected chi connectivity index (χ3v) is 4.24. The van der Waals surface area contributed by atoms with Gasteiger partial charge in [-0.1, -0.05) is 36.4 Å². The molecule has 0 amide bonds. The maximum absolute atomic E-state index is 12.7. The second-order valence-corrected chi connectivity index (χ2v) is 5.99. The van der Waals surface area contributed by atoms with Crippen LogP contribution in [0.25, 0.3) is 16.7 Å². The molecule has 26 heavy (non-hydrogen) atoms. The third-order valence-electron chi connectivity index (χ3n) is 4.24. The predicted molar refractivity (Wildman–Crippen MR) is 99.8 cm³/mol. The van der Waals surface area contributed by atoms with Crippen LogP contribution >= 0.6 is 0 Å². The number of hydrogen-bond acceptors (Lipinski definition) is 4. The lowest BCUT2D eigenvalue weighted by Gasteiger charge is -2.10. The molecule has 0 saturated carbocycles. The lowest BCUT2D eigenvalue weighted by atomic mass is 10.2. The van der Waals surface area contributed by atoms with Crippen molar-refractivity contribution in [2.75, 3.05) is 6.61 Å².